The summed E-state index contributed by atoms with van der Waals surface area (Å²) in [6.45, 7) is 10.8. The molecule has 0 bridgehead atoms. The van der Waals surface area contributed by atoms with Crippen molar-refractivity contribution in [2.45, 2.75) is 46.7 Å². The van der Waals surface area contributed by atoms with E-state index in [1.165, 1.54) is 0 Å². The van der Waals surface area contributed by atoms with Gasteiger partial charge in [0.15, 0.2) is 0 Å². The van der Waals surface area contributed by atoms with Gasteiger partial charge in [-0.3, -0.25) is 15.0 Å². The standard InChI is InChI=1S/C15H25N3O2/c1-5-9-17(12(3)4)11-13-7-8-14(16-6-2)15(10-13)18(19)20/h7-8,10,12,16H,5-6,9,11H2,1-4H3. The summed E-state index contributed by atoms with van der Waals surface area (Å²) in [7, 11) is 0. The number of nitro benzene ring substituents is 1. The Balaban J connectivity index is 2.96. The molecule has 0 radical (unpaired) electrons. The van der Waals surface area contributed by atoms with E-state index in [2.05, 4.69) is 31.0 Å². The third-order valence-corrected chi connectivity index (χ3v) is 3.25. The first-order valence-electron chi connectivity index (χ1n) is 7.24. The fraction of sp³-hybridized carbons (Fsp3) is 0.600. The molecule has 1 rings (SSSR count). The first-order valence-corrected chi connectivity index (χ1v) is 7.24. The summed E-state index contributed by atoms with van der Waals surface area (Å²) in [5, 5.41) is 14.2. The zero-order chi connectivity index (χ0) is 15.1. The highest BCUT2D eigenvalue weighted by molar-refractivity contribution is 5.62. The maximum Gasteiger partial charge on any atom is 0.292 e. The van der Waals surface area contributed by atoms with Crippen LogP contribution in [0.1, 0.15) is 39.7 Å². The second kappa shape index (κ2) is 7.85. The topological polar surface area (TPSA) is 58.4 Å². The molecule has 0 saturated heterocycles. The van der Waals surface area contributed by atoms with Gasteiger partial charge < -0.3 is 5.32 Å². The molecule has 1 N–H and O–H groups in total. The lowest BCUT2D eigenvalue weighted by molar-refractivity contribution is -0.384. The lowest BCUT2D eigenvalue weighted by Gasteiger charge is -2.26. The highest BCUT2D eigenvalue weighted by atomic mass is 16.6. The summed E-state index contributed by atoms with van der Waals surface area (Å²) in [6.07, 6.45) is 1.08. The Morgan fingerprint density at radius 3 is 2.55 bits per heavy atom. The van der Waals surface area contributed by atoms with Crippen molar-refractivity contribution in [3.63, 3.8) is 0 Å². The fourth-order valence-corrected chi connectivity index (χ4v) is 2.21. The Labute approximate surface area is 121 Å². The Hall–Kier alpha value is -1.62. The van der Waals surface area contributed by atoms with Gasteiger partial charge >= 0.3 is 0 Å². The second-order valence-electron chi connectivity index (χ2n) is 5.20. The average molecular weight is 279 g/mol. The molecule has 112 valence electrons. The van der Waals surface area contributed by atoms with Crippen molar-refractivity contribution >= 4 is 11.4 Å². The minimum atomic E-state index is -0.318. The maximum absolute atomic E-state index is 11.1. The molecule has 1 aromatic rings. The Morgan fingerprint density at radius 2 is 2.05 bits per heavy atom. The number of nitro groups is 1. The first kappa shape index (κ1) is 16.4. The van der Waals surface area contributed by atoms with Gasteiger partial charge in [-0.1, -0.05) is 13.0 Å². The third kappa shape index (κ3) is 4.49. The largest absolute Gasteiger partial charge is 0.380 e. The van der Waals surface area contributed by atoms with Crippen molar-refractivity contribution in [3.05, 3.63) is 33.9 Å². The molecule has 0 aliphatic carbocycles. The van der Waals surface area contributed by atoms with Crippen LogP contribution in [0.2, 0.25) is 0 Å². The quantitative estimate of drug-likeness (QED) is 0.583. The Bertz CT molecular complexity index is 447. The van der Waals surface area contributed by atoms with Crippen LogP contribution in [0.3, 0.4) is 0 Å². The zero-order valence-corrected chi connectivity index (χ0v) is 12.8. The fourth-order valence-electron chi connectivity index (χ4n) is 2.21. The van der Waals surface area contributed by atoms with E-state index in [0.717, 1.165) is 25.1 Å². The van der Waals surface area contributed by atoms with Gasteiger partial charge in [-0.25, -0.2) is 0 Å². The summed E-state index contributed by atoms with van der Waals surface area (Å²) < 4.78 is 0. The number of nitrogens with zero attached hydrogens (tertiary/aromatic N) is 2. The molecule has 1 aromatic carbocycles. The van der Waals surface area contributed by atoms with Gasteiger partial charge in [0, 0.05) is 25.2 Å². The van der Waals surface area contributed by atoms with Crippen LogP contribution < -0.4 is 5.32 Å². The number of hydrogen-bond acceptors (Lipinski definition) is 4. The summed E-state index contributed by atoms with van der Waals surface area (Å²) >= 11 is 0. The van der Waals surface area contributed by atoms with E-state index >= 15 is 0 Å². The van der Waals surface area contributed by atoms with E-state index in [-0.39, 0.29) is 10.6 Å². The van der Waals surface area contributed by atoms with Crippen molar-refractivity contribution in [1.82, 2.24) is 4.90 Å². The van der Waals surface area contributed by atoms with Gasteiger partial charge in [0.05, 0.1) is 4.92 Å². The summed E-state index contributed by atoms with van der Waals surface area (Å²) in [6, 6.07) is 5.89. The number of benzene rings is 1. The number of hydrogen-bond donors (Lipinski definition) is 1. The van der Waals surface area contributed by atoms with Crippen molar-refractivity contribution < 1.29 is 4.92 Å². The Kier molecular flexibility index (Phi) is 6.45. The smallest absolute Gasteiger partial charge is 0.292 e. The normalized spacial score (nSPS) is 11.1. The van der Waals surface area contributed by atoms with Gasteiger partial charge in [-0.2, -0.15) is 0 Å². The van der Waals surface area contributed by atoms with E-state index in [9.17, 15) is 10.1 Å². The van der Waals surface area contributed by atoms with Crippen LogP contribution in [-0.2, 0) is 6.54 Å². The molecule has 0 saturated carbocycles. The summed E-state index contributed by atoms with van der Waals surface area (Å²) in [5.74, 6) is 0. The minimum absolute atomic E-state index is 0.157. The van der Waals surface area contributed by atoms with Crippen LogP contribution >= 0.6 is 0 Å². The van der Waals surface area contributed by atoms with Gasteiger partial charge in [0.1, 0.15) is 5.69 Å². The lowest BCUT2D eigenvalue weighted by atomic mass is 10.1. The van der Waals surface area contributed by atoms with Crippen molar-refractivity contribution in [2.75, 3.05) is 18.4 Å². The molecular weight excluding hydrogens is 254 g/mol. The molecule has 0 fully saturated rings. The number of nitrogens with one attached hydrogen (secondary N) is 1. The SMILES string of the molecule is CCCN(Cc1ccc(NCC)c([N+](=O)[O-])c1)C(C)C. The molecule has 0 aliphatic rings. The number of anilines is 1. The number of rotatable bonds is 8. The lowest BCUT2D eigenvalue weighted by Crippen LogP contribution is -2.31. The predicted molar refractivity (Wildman–Crippen MR) is 83.1 cm³/mol. The highest BCUT2D eigenvalue weighted by Crippen LogP contribution is 2.26. The predicted octanol–water partition coefficient (Wildman–Crippen LogP) is 3.65. The van der Waals surface area contributed by atoms with Crippen molar-refractivity contribution in [1.29, 1.82) is 0 Å². The van der Waals surface area contributed by atoms with Crippen molar-refractivity contribution in [3.8, 4) is 0 Å². The van der Waals surface area contributed by atoms with Crippen LogP contribution in [0, 0.1) is 10.1 Å². The molecule has 0 spiro atoms. The van der Waals surface area contributed by atoms with Gasteiger partial charge in [-0.15, -0.1) is 0 Å². The molecule has 0 amide bonds. The van der Waals surface area contributed by atoms with E-state index < -0.39 is 0 Å². The maximum atomic E-state index is 11.1. The van der Waals surface area contributed by atoms with Crippen LogP contribution in [-0.4, -0.2) is 29.0 Å². The van der Waals surface area contributed by atoms with Crippen LogP contribution in [0.15, 0.2) is 18.2 Å². The van der Waals surface area contributed by atoms with E-state index in [1.54, 1.807) is 12.1 Å². The van der Waals surface area contributed by atoms with E-state index in [0.29, 0.717) is 18.3 Å². The van der Waals surface area contributed by atoms with Crippen LogP contribution in [0.25, 0.3) is 0 Å². The van der Waals surface area contributed by atoms with Gasteiger partial charge in [0.2, 0.25) is 0 Å². The monoisotopic (exact) mass is 279 g/mol. The molecule has 20 heavy (non-hydrogen) atoms. The zero-order valence-electron chi connectivity index (χ0n) is 12.8. The summed E-state index contributed by atoms with van der Waals surface area (Å²) in [4.78, 5) is 13.2. The molecule has 0 aliphatic heterocycles. The molecule has 0 heterocycles. The molecular formula is C15H25N3O2. The molecule has 0 unspecified atom stereocenters. The van der Waals surface area contributed by atoms with Gasteiger partial charge in [0.25, 0.3) is 5.69 Å². The van der Waals surface area contributed by atoms with E-state index in [1.807, 2.05) is 13.0 Å². The first-order chi connectivity index (χ1) is 9.49. The molecule has 5 nitrogen and oxygen atoms in total. The molecule has 0 aromatic heterocycles. The summed E-state index contributed by atoms with van der Waals surface area (Å²) in [5.41, 5.74) is 1.73. The van der Waals surface area contributed by atoms with Gasteiger partial charge in [-0.05, 0) is 45.4 Å². The van der Waals surface area contributed by atoms with Crippen LogP contribution in [0.5, 0.6) is 0 Å². The van der Waals surface area contributed by atoms with E-state index in [4.69, 9.17) is 0 Å². The second-order valence-corrected chi connectivity index (χ2v) is 5.20. The Morgan fingerprint density at radius 1 is 1.35 bits per heavy atom. The third-order valence-electron chi connectivity index (χ3n) is 3.25. The van der Waals surface area contributed by atoms with Crippen LogP contribution in [0.4, 0.5) is 11.4 Å². The average Bonchev–Trinajstić information content (AvgIpc) is 2.39. The van der Waals surface area contributed by atoms with Crippen molar-refractivity contribution in [2.24, 2.45) is 0 Å². The minimum Gasteiger partial charge on any atom is -0.380 e. The highest BCUT2D eigenvalue weighted by Gasteiger charge is 2.16. The molecule has 5 heteroatoms. The molecule has 0 atom stereocenters.